The summed E-state index contributed by atoms with van der Waals surface area (Å²) in [7, 11) is 2.96. The molecule has 0 radical (unpaired) electrons. The Hall–Kier alpha value is -7.45. The van der Waals surface area contributed by atoms with Crippen LogP contribution in [0.25, 0.3) is 0 Å². The number of carboxylic acids is 1. The van der Waals surface area contributed by atoms with E-state index < -0.39 is 53.5 Å². The van der Waals surface area contributed by atoms with Crippen LogP contribution in [0.3, 0.4) is 0 Å². The zero-order valence-corrected chi connectivity index (χ0v) is 40.5. The number of aliphatic carboxylic acids is 1. The molecule has 5 amide bonds. The summed E-state index contributed by atoms with van der Waals surface area (Å²) in [6.07, 6.45) is 3.79. The van der Waals surface area contributed by atoms with E-state index in [2.05, 4.69) is 28.8 Å². The Balaban J connectivity index is 0.893. The minimum absolute atomic E-state index is 0.0641. The van der Waals surface area contributed by atoms with Crippen LogP contribution in [-0.4, -0.2) is 133 Å². The molecule has 3 fully saturated rings. The summed E-state index contributed by atoms with van der Waals surface area (Å²) in [6.45, 7) is 9.34. The highest BCUT2D eigenvalue weighted by Crippen LogP contribution is 2.44. The molecule has 3 aromatic carbocycles. The van der Waals surface area contributed by atoms with Crippen LogP contribution in [0.5, 0.6) is 23.0 Å². The average molecular weight is 992 g/mol. The Morgan fingerprint density at radius 3 is 2.12 bits per heavy atom. The lowest BCUT2D eigenvalue weighted by molar-refractivity contribution is -0.162. The molecule has 0 aromatic heterocycles. The third-order valence-corrected chi connectivity index (χ3v) is 13.8. The van der Waals surface area contributed by atoms with Gasteiger partial charge in [0.05, 0.1) is 62.0 Å². The Morgan fingerprint density at radius 2 is 1.49 bits per heavy atom. The summed E-state index contributed by atoms with van der Waals surface area (Å²) in [5, 5.41) is 26.9. The van der Waals surface area contributed by atoms with E-state index >= 15 is 0 Å². The van der Waals surface area contributed by atoms with Crippen LogP contribution in [0, 0.1) is 5.41 Å². The summed E-state index contributed by atoms with van der Waals surface area (Å²) >= 11 is 0. The molecule has 8 rings (SSSR count). The number of nitrogens with one attached hydrogen (secondary N) is 2. The summed E-state index contributed by atoms with van der Waals surface area (Å²) in [5.41, 5.74) is 7.82. The maximum Gasteiger partial charge on any atom is 0.416 e. The lowest BCUT2D eigenvalue weighted by Gasteiger charge is -2.36. The number of unbranched alkanes of at least 4 members (excludes halogenated alkanes) is 2. The van der Waals surface area contributed by atoms with E-state index in [1.807, 2.05) is 0 Å². The number of hydrogen-bond acceptors (Lipinski definition) is 14. The molecule has 4 aliphatic heterocycles. The molecule has 20 heteroatoms. The number of carbonyl (C=O) groups is 6. The maximum atomic E-state index is 14.1. The van der Waals surface area contributed by atoms with Crippen molar-refractivity contribution in [3.63, 3.8) is 0 Å². The van der Waals surface area contributed by atoms with Gasteiger partial charge in [-0.1, -0.05) is 42.9 Å². The Kier molecular flexibility index (Phi) is 15.5. The van der Waals surface area contributed by atoms with Crippen LogP contribution in [-0.2, 0) is 25.7 Å². The van der Waals surface area contributed by atoms with Gasteiger partial charge in [-0.15, -0.1) is 0 Å². The number of aliphatic imine (C=N–C) groups is 1. The second kappa shape index (κ2) is 21.9. The van der Waals surface area contributed by atoms with Crippen LogP contribution in [0.1, 0.15) is 90.5 Å². The van der Waals surface area contributed by atoms with E-state index in [-0.39, 0.29) is 86.7 Å². The van der Waals surface area contributed by atoms with Crippen molar-refractivity contribution in [3.8, 4) is 23.0 Å². The topological polar surface area (TPSA) is 261 Å². The number of nitrogens with two attached hydrogens (primary N) is 1. The molecular formula is C52H61N7O13. The van der Waals surface area contributed by atoms with Crippen LogP contribution >= 0.6 is 0 Å². The molecule has 20 nitrogen and oxygen atoms in total. The van der Waals surface area contributed by atoms with Gasteiger partial charge < -0.3 is 60.1 Å². The van der Waals surface area contributed by atoms with Crippen molar-refractivity contribution in [2.45, 2.75) is 95.2 Å². The van der Waals surface area contributed by atoms with E-state index in [0.29, 0.717) is 91.3 Å². The quantitative estimate of drug-likeness (QED) is 0.0534. The molecular weight excluding hydrogens is 931 g/mol. The highest BCUT2D eigenvalue weighted by Gasteiger charge is 2.52. The first-order valence-electron chi connectivity index (χ1n) is 24.1. The minimum atomic E-state index is -1.55. The van der Waals surface area contributed by atoms with Gasteiger partial charge in [0.25, 0.3) is 11.8 Å². The number of carboxylic acid groups (broad SMARTS) is 1. The molecule has 1 saturated carbocycles. The number of ether oxygens (including phenoxy) is 5. The lowest BCUT2D eigenvalue weighted by atomic mass is 9.68. The summed E-state index contributed by atoms with van der Waals surface area (Å²) < 4.78 is 29.3. The number of methoxy groups -OCH3 is 2. The molecule has 5 aliphatic rings. The van der Waals surface area contributed by atoms with E-state index in [1.54, 1.807) is 47.5 Å². The summed E-state index contributed by atoms with van der Waals surface area (Å²) in [5.74, 6) is -1.66. The van der Waals surface area contributed by atoms with Gasteiger partial charge in [0, 0.05) is 37.1 Å². The number of fused-ring (bicyclic) bond motifs is 4. The van der Waals surface area contributed by atoms with E-state index in [0.717, 1.165) is 10.5 Å². The molecule has 0 spiro atoms. The second-order valence-corrected chi connectivity index (χ2v) is 18.7. The summed E-state index contributed by atoms with van der Waals surface area (Å²) in [6, 6.07) is 10.8. The first-order valence-corrected chi connectivity index (χ1v) is 24.1. The lowest BCUT2D eigenvalue weighted by Crippen LogP contribution is -2.55. The number of carbonyl (C=O) groups excluding carboxylic acids is 5. The van der Waals surface area contributed by atoms with Crippen LogP contribution in [0.4, 0.5) is 21.9 Å². The number of nitrogens with zero attached hydrogens (tertiary/aromatic N) is 4. The highest BCUT2D eigenvalue weighted by molar-refractivity contribution is 6.07. The van der Waals surface area contributed by atoms with Crippen LogP contribution < -0.4 is 40.2 Å². The predicted molar refractivity (Wildman–Crippen MR) is 264 cm³/mol. The number of aliphatic hydroxyl groups is 1. The molecule has 72 heavy (non-hydrogen) atoms. The van der Waals surface area contributed by atoms with Crippen molar-refractivity contribution in [1.82, 2.24) is 15.1 Å². The van der Waals surface area contributed by atoms with Crippen molar-refractivity contribution < 1.29 is 62.7 Å². The van der Waals surface area contributed by atoms with Gasteiger partial charge in [0.1, 0.15) is 18.1 Å². The fourth-order valence-electron chi connectivity index (χ4n) is 9.62. The normalized spacial score (nSPS) is 19.9. The van der Waals surface area contributed by atoms with Crippen molar-refractivity contribution in [2.75, 3.05) is 57.3 Å². The van der Waals surface area contributed by atoms with E-state index in [1.165, 1.54) is 31.3 Å². The number of rotatable bonds is 20. The molecule has 3 aromatic rings. The predicted octanol–water partition coefficient (Wildman–Crippen LogP) is 5.48. The third kappa shape index (κ3) is 10.5. The fourth-order valence-corrected chi connectivity index (χ4v) is 9.62. The SMILES string of the molecule is C=C1CC2C=Nc3cc(OCCCCCOc4cc5c(cc4OC)C(=O)N4CC(=C)CC4C(O)N5C(=O)OCc4ccc(NC(=O)C(CCCN)NC(=O)C5(C(=O)O)CCC5)cc4)c(OC)cc3C(=O)N2C1. The van der Waals surface area contributed by atoms with Gasteiger partial charge in [-0.3, -0.25) is 29.0 Å². The minimum Gasteiger partial charge on any atom is -0.493 e. The maximum absolute atomic E-state index is 14.1. The zero-order chi connectivity index (χ0) is 51.3. The molecule has 4 atom stereocenters. The van der Waals surface area contributed by atoms with Crippen molar-refractivity contribution >= 4 is 59.0 Å². The van der Waals surface area contributed by atoms with Gasteiger partial charge in [0.2, 0.25) is 11.8 Å². The molecule has 4 unspecified atom stereocenters. The standard InChI is InChI=1S/C52H61N7O13/c1-30-20-34-26-54-38-24-43(41(68-3)22-35(38)46(61)57(34)27-30)70-18-6-5-7-19-71-44-25-39-36(23-42(44)69-4)47(62)58-28-31(2)21-40(58)48(63)59(39)51(67)72-29-32-11-13-33(14-12-32)55-45(60)37(10-8-17-53)56-49(64)52(50(65)66)15-9-16-52/h11-14,22-26,34,37,40,48,63H,1-2,5-10,15-21,27-29,53H2,3-4H3,(H,55,60)(H,56,64)(H,65,66). The van der Waals surface area contributed by atoms with E-state index in [4.69, 9.17) is 29.4 Å². The van der Waals surface area contributed by atoms with Crippen LogP contribution in [0.15, 0.2) is 77.8 Å². The first kappa shape index (κ1) is 50.9. The van der Waals surface area contributed by atoms with Gasteiger partial charge in [-0.05, 0) is 94.2 Å². The van der Waals surface area contributed by atoms with Crippen molar-refractivity contribution in [1.29, 1.82) is 0 Å². The average Bonchev–Trinajstić information content (AvgIpc) is 3.89. The Bertz CT molecular complexity index is 2670. The molecule has 0 bridgehead atoms. The van der Waals surface area contributed by atoms with Gasteiger partial charge >= 0.3 is 12.1 Å². The smallest absolute Gasteiger partial charge is 0.416 e. The van der Waals surface area contributed by atoms with E-state index in [9.17, 15) is 39.0 Å². The number of aliphatic hydroxyl groups excluding tert-OH is 1. The Morgan fingerprint density at radius 1 is 0.847 bits per heavy atom. The number of anilines is 2. The van der Waals surface area contributed by atoms with Gasteiger partial charge in [0.15, 0.2) is 29.2 Å². The summed E-state index contributed by atoms with van der Waals surface area (Å²) in [4.78, 5) is 88.8. The van der Waals surface area contributed by atoms with Crippen molar-refractivity contribution in [2.24, 2.45) is 16.1 Å². The number of benzene rings is 3. The molecule has 2 saturated heterocycles. The second-order valence-electron chi connectivity index (χ2n) is 18.7. The van der Waals surface area contributed by atoms with Gasteiger partial charge in [-0.25, -0.2) is 9.69 Å². The first-order chi connectivity index (χ1) is 34.7. The molecule has 4 heterocycles. The fraction of sp³-hybridized carbons (Fsp3) is 0.442. The largest absolute Gasteiger partial charge is 0.493 e. The molecule has 6 N–H and O–H groups in total. The zero-order valence-electron chi connectivity index (χ0n) is 40.5. The third-order valence-electron chi connectivity index (χ3n) is 13.8. The Labute approximate surface area is 416 Å². The molecule has 1 aliphatic carbocycles. The van der Waals surface area contributed by atoms with Crippen LogP contribution in [0.2, 0.25) is 0 Å². The highest BCUT2D eigenvalue weighted by atomic mass is 16.6. The number of amides is 5. The van der Waals surface area contributed by atoms with Crippen molar-refractivity contribution in [3.05, 3.63) is 89.5 Å². The number of hydrogen-bond donors (Lipinski definition) is 5. The molecule has 382 valence electrons. The monoisotopic (exact) mass is 991 g/mol. The van der Waals surface area contributed by atoms with Gasteiger partial charge in [-0.2, -0.15) is 0 Å².